The predicted octanol–water partition coefficient (Wildman–Crippen LogP) is 2.94. The molecule has 2 atom stereocenters. The van der Waals surface area contributed by atoms with Gasteiger partial charge >= 0.3 is 5.97 Å². The zero-order chi connectivity index (χ0) is 15.8. The van der Waals surface area contributed by atoms with E-state index in [1.54, 1.807) is 6.08 Å². The number of carbonyl (C=O) groups is 2. The summed E-state index contributed by atoms with van der Waals surface area (Å²) in [5.74, 6) is -0.234. The molecule has 0 radical (unpaired) electrons. The Morgan fingerprint density at radius 2 is 1.95 bits per heavy atom. The molecule has 0 heterocycles. The molecule has 1 fully saturated rings. The van der Waals surface area contributed by atoms with Crippen LogP contribution in [0.5, 0.6) is 0 Å². The Morgan fingerprint density at radius 3 is 2.68 bits per heavy atom. The van der Waals surface area contributed by atoms with Crippen LogP contribution in [-0.4, -0.2) is 24.5 Å². The smallest absolute Gasteiger partial charge is 0.331 e. The maximum absolute atomic E-state index is 11.8. The fourth-order valence-electron chi connectivity index (χ4n) is 2.69. The Kier molecular flexibility index (Phi) is 6.19. The van der Waals surface area contributed by atoms with Gasteiger partial charge in [0, 0.05) is 12.1 Å². The number of esters is 1. The van der Waals surface area contributed by atoms with Crippen LogP contribution in [0.3, 0.4) is 0 Å². The highest BCUT2D eigenvalue weighted by Crippen LogP contribution is 2.23. The van der Waals surface area contributed by atoms with Crippen molar-refractivity contribution in [2.45, 2.75) is 38.6 Å². The van der Waals surface area contributed by atoms with Gasteiger partial charge in [-0.15, -0.1) is 0 Å². The Labute approximate surface area is 131 Å². The lowest BCUT2D eigenvalue weighted by molar-refractivity contribution is -0.144. The lowest BCUT2D eigenvalue weighted by Crippen LogP contribution is -2.42. The van der Waals surface area contributed by atoms with Gasteiger partial charge in [-0.3, -0.25) is 4.79 Å². The van der Waals surface area contributed by atoms with Crippen LogP contribution < -0.4 is 5.32 Å². The van der Waals surface area contributed by atoms with Gasteiger partial charge in [-0.1, -0.05) is 50.1 Å². The largest absolute Gasteiger partial charge is 0.452 e. The number of hydrogen-bond donors (Lipinski definition) is 1. The van der Waals surface area contributed by atoms with Crippen molar-refractivity contribution >= 4 is 18.0 Å². The molecular weight excluding hydrogens is 278 g/mol. The molecule has 1 aliphatic rings. The highest BCUT2D eigenvalue weighted by Gasteiger charge is 2.22. The molecule has 1 amide bonds. The number of benzene rings is 1. The lowest BCUT2D eigenvalue weighted by atomic mass is 9.86. The van der Waals surface area contributed by atoms with Gasteiger partial charge in [0.2, 0.25) is 0 Å². The van der Waals surface area contributed by atoms with Crippen LogP contribution in [0, 0.1) is 5.92 Å². The first kappa shape index (κ1) is 16.3. The van der Waals surface area contributed by atoms with Gasteiger partial charge in [0.25, 0.3) is 5.91 Å². The summed E-state index contributed by atoms with van der Waals surface area (Å²) in [6.07, 6.45) is 7.54. The molecule has 22 heavy (non-hydrogen) atoms. The summed E-state index contributed by atoms with van der Waals surface area (Å²) in [6, 6.07) is 9.68. The molecule has 0 aromatic heterocycles. The highest BCUT2D eigenvalue weighted by atomic mass is 16.5. The third kappa shape index (κ3) is 5.35. The molecular formula is C18H23NO3. The molecule has 0 aliphatic heterocycles. The molecule has 4 heteroatoms. The van der Waals surface area contributed by atoms with Gasteiger partial charge < -0.3 is 10.1 Å². The van der Waals surface area contributed by atoms with Crippen molar-refractivity contribution in [1.82, 2.24) is 5.32 Å². The molecule has 4 nitrogen and oxygen atoms in total. The summed E-state index contributed by atoms with van der Waals surface area (Å²) in [4.78, 5) is 23.4. The standard InChI is InChI=1S/C18H23NO3/c1-14-7-5-6-10-16(14)19-17(20)13-22-18(21)12-11-15-8-3-2-4-9-15/h2-4,8-9,11-12,14,16H,5-7,10,13H2,1H3,(H,19,20)/b12-11+/t14-,16-/m1/s1. The minimum Gasteiger partial charge on any atom is -0.452 e. The van der Waals surface area contributed by atoms with Crippen molar-refractivity contribution in [3.63, 3.8) is 0 Å². The van der Waals surface area contributed by atoms with Crippen LogP contribution in [-0.2, 0) is 14.3 Å². The average Bonchev–Trinajstić information content (AvgIpc) is 2.54. The van der Waals surface area contributed by atoms with E-state index in [1.165, 1.54) is 12.5 Å². The maximum atomic E-state index is 11.8. The van der Waals surface area contributed by atoms with Crippen LogP contribution in [0.25, 0.3) is 6.08 Å². The Morgan fingerprint density at radius 1 is 1.23 bits per heavy atom. The van der Waals surface area contributed by atoms with E-state index in [1.807, 2.05) is 30.3 Å². The molecule has 1 saturated carbocycles. The molecule has 0 spiro atoms. The Balaban J connectivity index is 1.71. The summed E-state index contributed by atoms with van der Waals surface area (Å²) >= 11 is 0. The fourth-order valence-corrected chi connectivity index (χ4v) is 2.69. The van der Waals surface area contributed by atoms with E-state index < -0.39 is 5.97 Å². The van der Waals surface area contributed by atoms with Gasteiger partial charge in [-0.25, -0.2) is 4.79 Å². The minimum absolute atomic E-state index is 0.208. The van der Waals surface area contributed by atoms with Gasteiger partial charge in [-0.05, 0) is 30.4 Å². The normalized spacial score (nSPS) is 21.5. The second-order valence-corrected chi connectivity index (χ2v) is 5.79. The van der Waals surface area contributed by atoms with Crippen molar-refractivity contribution < 1.29 is 14.3 Å². The van der Waals surface area contributed by atoms with E-state index in [-0.39, 0.29) is 18.6 Å². The number of nitrogens with one attached hydrogen (secondary N) is 1. The molecule has 0 unspecified atom stereocenters. The third-order valence-corrected chi connectivity index (χ3v) is 4.01. The lowest BCUT2D eigenvalue weighted by Gasteiger charge is -2.29. The van der Waals surface area contributed by atoms with Crippen LogP contribution in [0.4, 0.5) is 0 Å². The number of hydrogen-bond acceptors (Lipinski definition) is 3. The molecule has 118 valence electrons. The van der Waals surface area contributed by atoms with Crippen LogP contribution in [0.1, 0.15) is 38.2 Å². The predicted molar refractivity (Wildman–Crippen MR) is 86.0 cm³/mol. The van der Waals surface area contributed by atoms with Gasteiger partial charge in [0.15, 0.2) is 6.61 Å². The molecule has 1 N–H and O–H groups in total. The fraction of sp³-hybridized carbons (Fsp3) is 0.444. The van der Waals surface area contributed by atoms with E-state index in [0.29, 0.717) is 5.92 Å². The van der Waals surface area contributed by atoms with Crippen molar-refractivity contribution in [3.05, 3.63) is 42.0 Å². The summed E-state index contributed by atoms with van der Waals surface area (Å²) < 4.78 is 4.96. The summed E-state index contributed by atoms with van der Waals surface area (Å²) in [5, 5.41) is 2.96. The first-order valence-electron chi connectivity index (χ1n) is 7.84. The second kappa shape index (κ2) is 8.37. The summed E-state index contributed by atoms with van der Waals surface area (Å²) in [6.45, 7) is 1.93. The molecule has 1 aromatic carbocycles. The molecule has 0 saturated heterocycles. The minimum atomic E-state index is -0.504. The zero-order valence-corrected chi connectivity index (χ0v) is 13.0. The monoisotopic (exact) mass is 301 g/mol. The van der Waals surface area contributed by atoms with Crippen LogP contribution in [0.2, 0.25) is 0 Å². The molecule has 2 rings (SSSR count). The van der Waals surface area contributed by atoms with E-state index >= 15 is 0 Å². The summed E-state index contributed by atoms with van der Waals surface area (Å²) in [7, 11) is 0. The third-order valence-electron chi connectivity index (χ3n) is 4.01. The van der Waals surface area contributed by atoms with Crippen molar-refractivity contribution in [2.75, 3.05) is 6.61 Å². The molecule has 1 aliphatic carbocycles. The number of rotatable bonds is 5. The number of carbonyl (C=O) groups excluding carboxylic acids is 2. The first-order chi connectivity index (χ1) is 10.6. The van der Waals surface area contributed by atoms with Crippen molar-refractivity contribution in [3.8, 4) is 0 Å². The topological polar surface area (TPSA) is 55.4 Å². The van der Waals surface area contributed by atoms with Gasteiger partial charge in [-0.2, -0.15) is 0 Å². The second-order valence-electron chi connectivity index (χ2n) is 5.79. The maximum Gasteiger partial charge on any atom is 0.331 e. The average molecular weight is 301 g/mol. The zero-order valence-electron chi connectivity index (χ0n) is 13.0. The highest BCUT2D eigenvalue weighted by molar-refractivity contribution is 5.89. The van der Waals surface area contributed by atoms with Crippen molar-refractivity contribution in [1.29, 1.82) is 0 Å². The molecule has 1 aromatic rings. The van der Waals surface area contributed by atoms with Crippen LogP contribution in [0.15, 0.2) is 36.4 Å². The summed E-state index contributed by atoms with van der Waals surface area (Å²) in [5.41, 5.74) is 0.917. The Bertz CT molecular complexity index is 524. The molecule has 0 bridgehead atoms. The number of amides is 1. The van der Waals surface area contributed by atoms with Crippen LogP contribution >= 0.6 is 0 Å². The van der Waals surface area contributed by atoms with Gasteiger partial charge in [0.05, 0.1) is 0 Å². The SMILES string of the molecule is C[C@@H]1CCCC[C@H]1NC(=O)COC(=O)/C=C/c1ccccc1. The first-order valence-corrected chi connectivity index (χ1v) is 7.84. The van der Waals surface area contributed by atoms with Gasteiger partial charge in [0.1, 0.15) is 0 Å². The van der Waals surface area contributed by atoms with E-state index in [9.17, 15) is 9.59 Å². The van der Waals surface area contributed by atoms with E-state index in [4.69, 9.17) is 4.74 Å². The van der Waals surface area contributed by atoms with E-state index in [2.05, 4.69) is 12.2 Å². The van der Waals surface area contributed by atoms with E-state index in [0.717, 1.165) is 24.8 Å². The van der Waals surface area contributed by atoms with Crippen molar-refractivity contribution in [2.24, 2.45) is 5.92 Å². The Hall–Kier alpha value is -2.10. The quantitative estimate of drug-likeness (QED) is 0.672. The number of ether oxygens (including phenoxy) is 1.